The number of carbonyl (C=O) groups excluding carboxylic acids is 2. The van der Waals surface area contributed by atoms with Crippen molar-refractivity contribution in [1.82, 2.24) is 5.32 Å². The van der Waals surface area contributed by atoms with Crippen LogP contribution < -0.4 is 5.32 Å². The summed E-state index contributed by atoms with van der Waals surface area (Å²) in [5.41, 5.74) is 1.55. The molecule has 0 spiro atoms. The van der Waals surface area contributed by atoms with Gasteiger partial charge in [-0.15, -0.1) is 0 Å². The molecule has 0 amide bonds. The molecule has 0 atom stereocenters. The SMILES string of the molecule is C\C=C(Br)/C=C\C(=C/C)NC(C)=C1C(=O)CC(C)(C)CC1=O. The summed E-state index contributed by atoms with van der Waals surface area (Å²) in [5.74, 6) is -0.138. The second-order valence-electron chi connectivity index (χ2n) is 6.24. The minimum atomic E-state index is -0.238. The zero-order valence-corrected chi connectivity index (χ0v) is 15.5. The standard InChI is InChI=1S/C18H24BrNO2/c1-6-13(19)8-9-14(7-2)20-12(3)17-15(21)10-18(4,5)11-16(17)22/h6-9,20H,10-11H2,1-5H3/b9-8-,13-6+,14-7+. The molecule has 1 aliphatic carbocycles. The summed E-state index contributed by atoms with van der Waals surface area (Å²) in [7, 11) is 0. The van der Waals surface area contributed by atoms with Crippen LogP contribution in [0.25, 0.3) is 0 Å². The van der Waals surface area contributed by atoms with E-state index in [1.165, 1.54) is 0 Å². The van der Waals surface area contributed by atoms with Crippen molar-refractivity contribution in [2.75, 3.05) is 0 Å². The molecule has 22 heavy (non-hydrogen) atoms. The molecule has 120 valence electrons. The summed E-state index contributed by atoms with van der Waals surface area (Å²) in [6, 6.07) is 0. The summed E-state index contributed by atoms with van der Waals surface area (Å²) in [5, 5.41) is 3.17. The van der Waals surface area contributed by atoms with Gasteiger partial charge in [0.1, 0.15) is 0 Å². The van der Waals surface area contributed by atoms with Crippen LogP contribution in [0.4, 0.5) is 0 Å². The van der Waals surface area contributed by atoms with Gasteiger partial charge in [-0.25, -0.2) is 0 Å². The van der Waals surface area contributed by atoms with E-state index in [0.717, 1.165) is 10.2 Å². The summed E-state index contributed by atoms with van der Waals surface area (Å²) < 4.78 is 0.963. The average molecular weight is 366 g/mol. The van der Waals surface area contributed by atoms with E-state index < -0.39 is 0 Å². The van der Waals surface area contributed by atoms with Crippen LogP contribution in [0, 0.1) is 5.41 Å². The molecule has 1 fully saturated rings. The second kappa shape index (κ2) is 7.73. The van der Waals surface area contributed by atoms with Crippen LogP contribution in [0.5, 0.6) is 0 Å². The van der Waals surface area contributed by atoms with Gasteiger partial charge in [-0.05, 0) is 38.3 Å². The quantitative estimate of drug-likeness (QED) is 0.451. The summed E-state index contributed by atoms with van der Waals surface area (Å²) in [4.78, 5) is 24.5. The molecule has 1 aliphatic rings. The Morgan fingerprint density at radius 3 is 2.09 bits per heavy atom. The third-order valence-corrected chi connectivity index (χ3v) is 4.27. The van der Waals surface area contributed by atoms with Crippen molar-refractivity contribution in [2.45, 2.75) is 47.5 Å². The number of ketones is 2. The third-order valence-electron chi connectivity index (χ3n) is 3.55. The van der Waals surface area contributed by atoms with Crippen molar-refractivity contribution >= 4 is 27.5 Å². The minimum absolute atomic E-state index is 0.0692. The van der Waals surface area contributed by atoms with Crippen LogP contribution in [0.3, 0.4) is 0 Å². The Morgan fingerprint density at radius 2 is 1.64 bits per heavy atom. The molecule has 0 radical (unpaired) electrons. The molecule has 1 N–H and O–H groups in total. The molecule has 1 rings (SSSR count). The largest absolute Gasteiger partial charge is 0.359 e. The zero-order valence-electron chi connectivity index (χ0n) is 13.9. The van der Waals surface area contributed by atoms with Gasteiger partial charge >= 0.3 is 0 Å². The Hall–Kier alpha value is -1.42. The van der Waals surface area contributed by atoms with Crippen molar-refractivity contribution in [2.24, 2.45) is 5.41 Å². The van der Waals surface area contributed by atoms with E-state index in [0.29, 0.717) is 24.1 Å². The number of nitrogens with one attached hydrogen (secondary N) is 1. The van der Waals surface area contributed by atoms with Gasteiger partial charge in [0.25, 0.3) is 0 Å². The number of hydrogen-bond acceptors (Lipinski definition) is 3. The molecule has 3 nitrogen and oxygen atoms in total. The van der Waals surface area contributed by atoms with Gasteiger partial charge in [0.2, 0.25) is 0 Å². The normalized spacial score (nSPS) is 19.8. The zero-order chi connectivity index (χ0) is 16.9. The fourth-order valence-electron chi connectivity index (χ4n) is 2.44. The second-order valence-corrected chi connectivity index (χ2v) is 7.16. The molecule has 0 aromatic heterocycles. The molecule has 4 heteroatoms. The Bertz CT molecular complexity index is 570. The van der Waals surface area contributed by atoms with Crippen LogP contribution in [0.2, 0.25) is 0 Å². The molecule has 0 saturated heterocycles. The first-order valence-corrected chi connectivity index (χ1v) is 8.20. The van der Waals surface area contributed by atoms with Crippen LogP contribution in [-0.2, 0) is 9.59 Å². The van der Waals surface area contributed by atoms with E-state index in [1.54, 1.807) is 6.92 Å². The summed E-state index contributed by atoms with van der Waals surface area (Å²) in [6.45, 7) is 9.53. The van der Waals surface area contributed by atoms with Gasteiger partial charge in [0, 0.05) is 28.7 Å². The maximum atomic E-state index is 12.3. The first kappa shape index (κ1) is 18.6. The van der Waals surface area contributed by atoms with E-state index in [9.17, 15) is 9.59 Å². The fourth-order valence-corrected chi connectivity index (χ4v) is 2.57. The highest BCUT2D eigenvalue weighted by Gasteiger charge is 2.36. The lowest BCUT2D eigenvalue weighted by Crippen LogP contribution is -2.33. The average Bonchev–Trinajstić information content (AvgIpc) is 2.40. The molecule has 0 aromatic rings. The number of hydrogen-bond donors (Lipinski definition) is 1. The monoisotopic (exact) mass is 365 g/mol. The summed E-state index contributed by atoms with van der Waals surface area (Å²) >= 11 is 3.41. The van der Waals surface area contributed by atoms with Gasteiger partial charge < -0.3 is 5.32 Å². The maximum absolute atomic E-state index is 12.3. The van der Waals surface area contributed by atoms with Gasteiger partial charge in [-0.2, -0.15) is 0 Å². The van der Waals surface area contributed by atoms with Crippen LogP contribution in [0.1, 0.15) is 47.5 Å². The van der Waals surface area contributed by atoms with Crippen molar-refractivity contribution in [3.63, 3.8) is 0 Å². The predicted octanol–water partition coefficient (Wildman–Crippen LogP) is 4.57. The smallest absolute Gasteiger partial charge is 0.168 e. The minimum Gasteiger partial charge on any atom is -0.359 e. The Morgan fingerprint density at radius 1 is 1.09 bits per heavy atom. The van der Waals surface area contributed by atoms with Gasteiger partial charge in [-0.1, -0.05) is 41.9 Å². The molecule has 1 saturated carbocycles. The Kier molecular flexibility index (Phi) is 6.54. The highest BCUT2D eigenvalue weighted by molar-refractivity contribution is 9.11. The van der Waals surface area contributed by atoms with Gasteiger partial charge in [0.05, 0.1) is 5.57 Å². The Labute approximate surface area is 141 Å². The third kappa shape index (κ3) is 5.09. The Balaban J connectivity index is 2.99. The molecule has 0 aliphatic heterocycles. The molecular weight excluding hydrogens is 342 g/mol. The lowest BCUT2D eigenvalue weighted by atomic mass is 9.73. The molecule has 0 bridgehead atoms. The van der Waals surface area contributed by atoms with Crippen LogP contribution in [0.15, 0.2) is 45.8 Å². The van der Waals surface area contributed by atoms with Gasteiger partial charge in [0.15, 0.2) is 11.6 Å². The predicted molar refractivity (Wildman–Crippen MR) is 94.4 cm³/mol. The number of carbonyl (C=O) groups is 2. The highest BCUT2D eigenvalue weighted by atomic mass is 79.9. The number of Topliss-reactive ketones (excluding diaryl/α,β-unsaturated/α-hetero) is 2. The van der Waals surface area contributed by atoms with Crippen molar-refractivity contribution in [3.05, 3.63) is 45.8 Å². The first-order chi connectivity index (χ1) is 10.2. The lowest BCUT2D eigenvalue weighted by molar-refractivity contribution is -0.127. The molecule has 0 aromatic carbocycles. The van der Waals surface area contributed by atoms with Crippen molar-refractivity contribution in [3.8, 4) is 0 Å². The van der Waals surface area contributed by atoms with E-state index in [-0.39, 0.29) is 17.0 Å². The highest BCUT2D eigenvalue weighted by Crippen LogP contribution is 2.34. The molecular formula is C18H24BrNO2. The van der Waals surface area contributed by atoms with E-state index in [2.05, 4.69) is 21.2 Å². The van der Waals surface area contributed by atoms with Crippen molar-refractivity contribution < 1.29 is 9.59 Å². The molecule has 0 unspecified atom stereocenters. The summed E-state index contributed by atoms with van der Waals surface area (Å²) in [6.07, 6.45) is 8.48. The first-order valence-electron chi connectivity index (χ1n) is 7.40. The van der Waals surface area contributed by atoms with Crippen LogP contribution in [-0.4, -0.2) is 11.6 Å². The van der Waals surface area contributed by atoms with E-state index in [4.69, 9.17) is 0 Å². The van der Waals surface area contributed by atoms with E-state index in [1.807, 2.05) is 52.0 Å². The van der Waals surface area contributed by atoms with Crippen molar-refractivity contribution in [1.29, 1.82) is 0 Å². The maximum Gasteiger partial charge on any atom is 0.168 e. The fraction of sp³-hybridized carbons (Fsp3) is 0.444. The lowest BCUT2D eigenvalue weighted by Gasteiger charge is -2.29. The number of allylic oxidation sites excluding steroid dienone is 7. The van der Waals surface area contributed by atoms with Gasteiger partial charge in [-0.3, -0.25) is 9.59 Å². The van der Waals surface area contributed by atoms with Crippen LogP contribution >= 0.6 is 15.9 Å². The topological polar surface area (TPSA) is 46.2 Å². The molecule has 0 heterocycles. The van der Waals surface area contributed by atoms with E-state index >= 15 is 0 Å². The number of rotatable bonds is 4. The number of halogens is 1.